The van der Waals surface area contributed by atoms with E-state index in [1.54, 1.807) is 18.2 Å². The van der Waals surface area contributed by atoms with Crippen LogP contribution in [0, 0.1) is 0 Å². The largest absolute Gasteiger partial charge is 0.478 e. The molecule has 3 rings (SSSR count). The maximum absolute atomic E-state index is 14.3. The number of pyridine rings is 1. The minimum atomic E-state index is -1.28. The monoisotopic (exact) mass is 245 g/mol. The van der Waals surface area contributed by atoms with Gasteiger partial charge in [0.2, 0.25) is 0 Å². The maximum Gasteiger partial charge on any atom is 0.336 e. The van der Waals surface area contributed by atoms with Crippen LogP contribution in [-0.4, -0.2) is 16.1 Å². The van der Waals surface area contributed by atoms with Crippen LogP contribution in [0.2, 0.25) is 0 Å². The van der Waals surface area contributed by atoms with E-state index < -0.39 is 11.6 Å². The van der Waals surface area contributed by atoms with Gasteiger partial charge in [0.25, 0.3) is 0 Å². The molecule has 0 atom stereocenters. The van der Waals surface area contributed by atoms with Crippen molar-refractivity contribution in [3.63, 3.8) is 0 Å². The van der Waals surface area contributed by atoms with Gasteiger partial charge in [0.05, 0.1) is 11.1 Å². The molecule has 18 heavy (non-hydrogen) atoms. The molecule has 0 unspecified atom stereocenters. The molecule has 3 nitrogen and oxygen atoms in total. The summed E-state index contributed by atoms with van der Waals surface area (Å²) in [5, 5.41) is 9.63. The first kappa shape index (κ1) is 11.1. The normalized spacial score (nSPS) is 17.4. The molecule has 0 aliphatic heterocycles. The van der Waals surface area contributed by atoms with E-state index in [4.69, 9.17) is 5.11 Å². The summed E-state index contributed by atoms with van der Waals surface area (Å²) in [7, 11) is 0. The third-order valence-corrected chi connectivity index (χ3v) is 3.64. The summed E-state index contributed by atoms with van der Waals surface area (Å²) in [6.07, 6.45) is 3.37. The Balaban J connectivity index is 2.21. The highest BCUT2D eigenvalue weighted by atomic mass is 19.1. The second kappa shape index (κ2) is 3.77. The number of hydrogen-bond acceptors (Lipinski definition) is 2. The molecule has 0 bridgehead atoms. The number of hydrogen-bond donors (Lipinski definition) is 1. The van der Waals surface area contributed by atoms with Crippen LogP contribution in [0.1, 0.15) is 35.2 Å². The van der Waals surface area contributed by atoms with Crippen molar-refractivity contribution in [3.8, 4) is 0 Å². The molecule has 0 spiro atoms. The smallest absolute Gasteiger partial charge is 0.336 e. The highest BCUT2D eigenvalue weighted by Gasteiger charge is 2.38. The van der Waals surface area contributed by atoms with Gasteiger partial charge in [-0.3, -0.25) is 4.98 Å². The number of nitrogens with zero attached hydrogens (tertiary/aromatic N) is 1. The predicted molar refractivity (Wildman–Crippen MR) is 65.3 cm³/mol. The van der Waals surface area contributed by atoms with E-state index in [1.165, 1.54) is 12.3 Å². The van der Waals surface area contributed by atoms with Crippen molar-refractivity contribution < 1.29 is 14.3 Å². The zero-order chi connectivity index (χ0) is 12.8. The Hall–Kier alpha value is -1.97. The van der Waals surface area contributed by atoms with E-state index in [9.17, 15) is 9.18 Å². The number of benzene rings is 1. The lowest BCUT2D eigenvalue weighted by Crippen LogP contribution is -2.28. The van der Waals surface area contributed by atoms with Gasteiger partial charge in [-0.2, -0.15) is 0 Å². The Bertz CT molecular complexity index is 635. The Morgan fingerprint density at radius 1 is 1.33 bits per heavy atom. The summed E-state index contributed by atoms with van der Waals surface area (Å²) in [6, 6.07) is 6.47. The summed E-state index contributed by atoms with van der Waals surface area (Å²) in [4.78, 5) is 15.2. The van der Waals surface area contributed by atoms with Crippen LogP contribution >= 0.6 is 0 Å². The minimum absolute atomic E-state index is 0.171. The van der Waals surface area contributed by atoms with Gasteiger partial charge in [-0.15, -0.1) is 0 Å². The van der Waals surface area contributed by atoms with Crippen LogP contribution < -0.4 is 0 Å². The fourth-order valence-electron chi connectivity index (χ4n) is 2.39. The Labute approximate surface area is 103 Å². The Morgan fingerprint density at radius 2 is 2.11 bits per heavy atom. The Morgan fingerprint density at radius 3 is 2.72 bits per heavy atom. The number of carbonyl (C=O) groups is 1. The molecule has 2 aromatic rings. The highest BCUT2D eigenvalue weighted by molar-refractivity contribution is 6.02. The van der Waals surface area contributed by atoms with E-state index in [-0.39, 0.29) is 5.56 Å². The van der Waals surface area contributed by atoms with Gasteiger partial charge in [-0.05, 0) is 43.0 Å². The SMILES string of the molecule is O=C(O)c1ccnc2ccc(C3(F)CCC3)cc12. The maximum atomic E-state index is 14.3. The lowest BCUT2D eigenvalue weighted by molar-refractivity contribution is 0.0609. The average molecular weight is 245 g/mol. The molecular formula is C14H12FNO2. The zero-order valence-corrected chi connectivity index (χ0v) is 9.69. The minimum Gasteiger partial charge on any atom is -0.478 e. The molecule has 1 aliphatic rings. The molecule has 4 heteroatoms. The first-order valence-corrected chi connectivity index (χ1v) is 5.92. The molecule has 1 N–H and O–H groups in total. The highest BCUT2D eigenvalue weighted by Crippen LogP contribution is 2.45. The second-order valence-electron chi connectivity index (χ2n) is 4.71. The summed E-state index contributed by atoms with van der Waals surface area (Å²) in [5.41, 5.74) is 0.0443. The molecule has 1 aromatic carbocycles. The van der Waals surface area contributed by atoms with Gasteiger partial charge in [0, 0.05) is 11.6 Å². The van der Waals surface area contributed by atoms with Gasteiger partial charge in [-0.25, -0.2) is 9.18 Å². The first-order chi connectivity index (χ1) is 8.60. The Kier molecular flexibility index (Phi) is 2.33. The lowest BCUT2D eigenvalue weighted by Gasteiger charge is -2.34. The number of carboxylic acids is 1. The van der Waals surface area contributed by atoms with Crippen molar-refractivity contribution in [2.75, 3.05) is 0 Å². The van der Waals surface area contributed by atoms with Crippen molar-refractivity contribution in [1.82, 2.24) is 4.98 Å². The molecule has 1 heterocycles. The van der Waals surface area contributed by atoms with Gasteiger partial charge in [0.1, 0.15) is 5.67 Å². The molecule has 0 saturated heterocycles. The molecule has 1 fully saturated rings. The van der Waals surface area contributed by atoms with E-state index >= 15 is 0 Å². The number of alkyl halides is 1. The standard InChI is InChI=1S/C14H12FNO2/c15-14(5-1-6-14)9-2-3-12-11(8-9)10(13(17)18)4-7-16-12/h2-4,7-8H,1,5-6H2,(H,17,18). The molecule has 1 saturated carbocycles. The molecule has 0 radical (unpaired) electrons. The fourth-order valence-corrected chi connectivity index (χ4v) is 2.39. The number of halogens is 1. The molecule has 1 aliphatic carbocycles. The van der Waals surface area contributed by atoms with Crippen molar-refractivity contribution in [1.29, 1.82) is 0 Å². The van der Waals surface area contributed by atoms with Crippen LogP contribution in [-0.2, 0) is 5.67 Å². The number of aromatic nitrogens is 1. The van der Waals surface area contributed by atoms with Crippen molar-refractivity contribution in [2.24, 2.45) is 0 Å². The second-order valence-corrected chi connectivity index (χ2v) is 4.71. The van der Waals surface area contributed by atoms with E-state index in [0.717, 1.165) is 6.42 Å². The molecule has 92 valence electrons. The fraction of sp³-hybridized carbons (Fsp3) is 0.286. The molecule has 1 aromatic heterocycles. The molecular weight excluding hydrogens is 233 g/mol. The predicted octanol–water partition coefficient (Wildman–Crippen LogP) is 3.28. The molecule has 0 amide bonds. The van der Waals surface area contributed by atoms with Gasteiger partial charge < -0.3 is 5.11 Å². The summed E-state index contributed by atoms with van der Waals surface area (Å²) in [5.74, 6) is -1.01. The van der Waals surface area contributed by atoms with Crippen LogP contribution in [0.4, 0.5) is 4.39 Å². The average Bonchev–Trinajstić information content (AvgIpc) is 2.34. The van der Waals surface area contributed by atoms with Crippen LogP contribution in [0.3, 0.4) is 0 Å². The first-order valence-electron chi connectivity index (χ1n) is 5.92. The third kappa shape index (κ3) is 1.56. The quantitative estimate of drug-likeness (QED) is 0.883. The zero-order valence-electron chi connectivity index (χ0n) is 9.69. The topological polar surface area (TPSA) is 50.2 Å². The van der Waals surface area contributed by atoms with Crippen molar-refractivity contribution >= 4 is 16.9 Å². The van der Waals surface area contributed by atoms with Crippen LogP contribution in [0.15, 0.2) is 30.5 Å². The number of carboxylic acid groups (broad SMARTS) is 1. The van der Waals surface area contributed by atoms with Gasteiger partial charge in [-0.1, -0.05) is 6.07 Å². The van der Waals surface area contributed by atoms with E-state index in [0.29, 0.717) is 29.3 Å². The van der Waals surface area contributed by atoms with Crippen molar-refractivity contribution in [2.45, 2.75) is 24.9 Å². The summed E-state index contributed by atoms with van der Waals surface area (Å²) >= 11 is 0. The number of aromatic carboxylic acids is 1. The summed E-state index contributed by atoms with van der Waals surface area (Å²) in [6.45, 7) is 0. The third-order valence-electron chi connectivity index (χ3n) is 3.64. The lowest BCUT2D eigenvalue weighted by atomic mass is 9.76. The van der Waals surface area contributed by atoms with E-state index in [1.807, 2.05) is 0 Å². The van der Waals surface area contributed by atoms with Crippen molar-refractivity contribution in [3.05, 3.63) is 41.6 Å². The summed E-state index contributed by atoms with van der Waals surface area (Å²) < 4.78 is 14.3. The van der Waals surface area contributed by atoms with Gasteiger partial charge in [0.15, 0.2) is 0 Å². The van der Waals surface area contributed by atoms with Gasteiger partial charge >= 0.3 is 5.97 Å². The number of fused-ring (bicyclic) bond motifs is 1. The number of rotatable bonds is 2. The van der Waals surface area contributed by atoms with E-state index in [2.05, 4.69) is 4.98 Å². The van der Waals surface area contributed by atoms with Crippen LogP contribution in [0.25, 0.3) is 10.9 Å². The van der Waals surface area contributed by atoms with Crippen LogP contribution in [0.5, 0.6) is 0 Å².